The number of nitrogens with one attached hydrogen (secondary N) is 1. The van der Waals surface area contributed by atoms with Crippen LogP contribution in [0.15, 0.2) is 71.9 Å². The molecule has 24 heavy (non-hydrogen) atoms. The zero-order valence-electron chi connectivity index (χ0n) is 13.0. The van der Waals surface area contributed by atoms with Crippen LogP contribution in [0.25, 0.3) is 10.8 Å². The van der Waals surface area contributed by atoms with Crippen molar-refractivity contribution in [3.8, 4) is 0 Å². The predicted molar refractivity (Wildman–Crippen MR) is 93.1 cm³/mol. The van der Waals surface area contributed by atoms with Crippen molar-refractivity contribution >= 4 is 20.8 Å². The summed E-state index contributed by atoms with van der Waals surface area (Å²) >= 11 is 0. The zero-order chi connectivity index (χ0) is 17.0. The first-order chi connectivity index (χ1) is 11.6. The predicted octanol–water partition coefficient (Wildman–Crippen LogP) is 2.12. The van der Waals surface area contributed by atoms with Crippen LogP contribution in [0.3, 0.4) is 0 Å². The average molecular weight is 342 g/mol. The van der Waals surface area contributed by atoms with Gasteiger partial charge in [0.15, 0.2) is 0 Å². The lowest BCUT2D eigenvalue weighted by Crippen LogP contribution is -2.33. The number of hydrogen-bond acceptors (Lipinski definition) is 4. The number of aliphatic hydroxyl groups excluding tert-OH is 1. The van der Waals surface area contributed by atoms with Crippen LogP contribution in [-0.2, 0) is 16.4 Å². The summed E-state index contributed by atoms with van der Waals surface area (Å²) in [6, 6.07) is 16.2. The molecule has 3 rings (SSSR count). The van der Waals surface area contributed by atoms with E-state index in [4.69, 9.17) is 0 Å². The standard InChI is InChI=1S/C18H18N2O3S/c21-16(11-14-5-2-1-3-6-14)13-20-24(22,23)18-8-4-7-15-12-19-10-9-17(15)18/h1-10,12,16,20-21H,11,13H2. The second kappa shape index (κ2) is 7.09. The highest BCUT2D eigenvalue weighted by molar-refractivity contribution is 7.89. The van der Waals surface area contributed by atoms with Gasteiger partial charge in [-0.1, -0.05) is 42.5 Å². The van der Waals surface area contributed by atoms with Crippen LogP contribution in [-0.4, -0.2) is 31.2 Å². The molecule has 0 fully saturated rings. The number of rotatable bonds is 6. The lowest BCUT2D eigenvalue weighted by atomic mass is 10.1. The van der Waals surface area contributed by atoms with Gasteiger partial charge in [-0.05, 0) is 24.1 Å². The lowest BCUT2D eigenvalue weighted by Gasteiger charge is -2.13. The molecule has 0 saturated heterocycles. The van der Waals surface area contributed by atoms with Gasteiger partial charge in [-0.2, -0.15) is 0 Å². The summed E-state index contributed by atoms with van der Waals surface area (Å²) in [4.78, 5) is 4.19. The van der Waals surface area contributed by atoms with Crippen molar-refractivity contribution < 1.29 is 13.5 Å². The molecule has 0 radical (unpaired) electrons. The van der Waals surface area contributed by atoms with E-state index in [9.17, 15) is 13.5 Å². The van der Waals surface area contributed by atoms with Crippen molar-refractivity contribution in [2.24, 2.45) is 0 Å². The van der Waals surface area contributed by atoms with E-state index in [1.165, 1.54) is 0 Å². The summed E-state index contributed by atoms with van der Waals surface area (Å²) in [6.45, 7) is -0.0430. The summed E-state index contributed by atoms with van der Waals surface area (Å²) in [5.41, 5.74) is 0.959. The highest BCUT2D eigenvalue weighted by atomic mass is 32.2. The van der Waals surface area contributed by atoms with E-state index < -0.39 is 16.1 Å². The Balaban J connectivity index is 1.74. The maximum atomic E-state index is 12.6. The van der Waals surface area contributed by atoms with Crippen LogP contribution >= 0.6 is 0 Å². The number of aliphatic hydroxyl groups is 1. The van der Waals surface area contributed by atoms with Crippen LogP contribution in [0.1, 0.15) is 5.56 Å². The van der Waals surface area contributed by atoms with Crippen molar-refractivity contribution in [3.05, 3.63) is 72.6 Å². The third-order valence-corrected chi connectivity index (χ3v) is 5.24. The van der Waals surface area contributed by atoms with Crippen LogP contribution < -0.4 is 4.72 Å². The van der Waals surface area contributed by atoms with Gasteiger partial charge in [0, 0.05) is 29.7 Å². The van der Waals surface area contributed by atoms with Crippen molar-refractivity contribution in [1.82, 2.24) is 9.71 Å². The average Bonchev–Trinajstić information content (AvgIpc) is 2.60. The molecule has 0 saturated carbocycles. The highest BCUT2D eigenvalue weighted by Gasteiger charge is 2.18. The number of pyridine rings is 1. The van der Waals surface area contributed by atoms with Crippen LogP contribution in [0.5, 0.6) is 0 Å². The third kappa shape index (κ3) is 3.79. The maximum absolute atomic E-state index is 12.6. The Morgan fingerprint density at radius 2 is 1.83 bits per heavy atom. The van der Waals surface area contributed by atoms with Crippen LogP contribution in [0.2, 0.25) is 0 Å². The van der Waals surface area contributed by atoms with Gasteiger partial charge in [-0.3, -0.25) is 4.98 Å². The van der Waals surface area contributed by atoms with Gasteiger partial charge in [0.1, 0.15) is 0 Å². The van der Waals surface area contributed by atoms with Crippen LogP contribution in [0, 0.1) is 0 Å². The smallest absolute Gasteiger partial charge is 0.241 e. The molecule has 2 N–H and O–H groups in total. The molecule has 3 aromatic rings. The molecular formula is C18H18N2O3S. The van der Waals surface area contributed by atoms with Crippen molar-refractivity contribution in [2.75, 3.05) is 6.54 Å². The minimum absolute atomic E-state index is 0.0430. The molecule has 1 unspecified atom stereocenters. The molecule has 0 spiro atoms. The van der Waals surface area contributed by atoms with Gasteiger partial charge in [-0.25, -0.2) is 13.1 Å². The number of fused-ring (bicyclic) bond motifs is 1. The second-order valence-electron chi connectivity index (χ2n) is 5.55. The summed E-state index contributed by atoms with van der Waals surface area (Å²) in [7, 11) is -3.71. The Morgan fingerprint density at radius 1 is 1.04 bits per heavy atom. The molecule has 1 atom stereocenters. The lowest BCUT2D eigenvalue weighted by molar-refractivity contribution is 0.179. The first-order valence-corrected chi connectivity index (χ1v) is 9.09. The molecule has 124 valence electrons. The van der Waals surface area contributed by atoms with Gasteiger partial charge < -0.3 is 5.11 Å². The van der Waals surface area contributed by atoms with Crippen LogP contribution in [0.4, 0.5) is 0 Å². The quantitative estimate of drug-likeness (QED) is 0.719. The van der Waals surface area contributed by atoms with E-state index >= 15 is 0 Å². The van der Waals surface area contributed by atoms with E-state index in [1.807, 2.05) is 36.4 Å². The first-order valence-electron chi connectivity index (χ1n) is 7.61. The minimum Gasteiger partial charge on any atom is -0.391 e. The molecule has 2 aromatic carbocycles. The van der Waals surface area contributed by atoms with Crippen molar-refractivity contribution in [1.29, 1.82) is 0 Å². The van der Waals surface area contributed by atoms with Crippen molar-refractivity contribution in [3.63, 3.8) is 0 Å². The molecule has 0 aliphatic rings. The molecule has 5 nitrogen and oxygen atoms in total. The van der Waals surface area contributed by atoms with Gasteiger partial charge in [-0.15, -0.1) is 0 Å². The molecule has 0 aliphatic carbocycles. The Hall–Kier alpha value is -2.28. The molecule has 6 heteroatoms. The molecule has 1 aromatic heterocycles. The molecule has 0 amide bonds. The Labute approximate surface area is 141 Å². The van der Waals surface area contributed by atoms with E-state index in [2.05, 4.69) is 9.71 Å². The molecular weight excluding hydrogens is 324 g/mol. The minimum atomic E-state index is -3.71. The summed E-state index contributed by atoms with van der Waals surface area (Å²) in [5, 5.41) is 11.5. The fourth-order valence-corrected chi connectivity index (χ4v) is 3.87. The number of hydrogen-bond donors (Lipinski definition) is 2. The third-order valence-electron chi connectivity index (χ3n) is 3.75. The van der Waals surface area contributed by atoms with Gasteiger partial charge >= 0.3 is 0 Å². The number of nitrogens with zero attached hydrogens (tertiary/aromatic N) is 1. The number of aromatic nitrogens is 1. The van der Waals surface area contributed by atoms with E-state index in [0.717, 1.165) is 10.9 Å². The Bertz CT molecular complexity index is 922. The monoisotopic (exact) mass is 342 g/mol. The fourth-order valence-electron chi connectivity index (χ4n) is 2.57. The first kappa shape index (κ1) is 16.6. The maximum Gasteiger partial charge on any atom is 0.241 e. The summed E-state index contributed by atoms with van der Waals surface area (Å²) < 4.78 is 27.6. The van der Waals surface area contributed by atoms with E-state index in [1.54, 1.807) is 30.6 Å². The van der Waals surface area contributed by atoms with Gasteiger partial charge in [0.25, 0.3) is 0 Å². The largest absolute Gasteiger partial charge is 0.391 e. The molecule has 0 bridgehead atoms. The molecule has 1 heterocycles. The Kier molecular flexibility index (Phi) is 4.89. The SMILES string of the molecule is O=S(=O)(NCC(O)Cc1ccccc1)c1cccc2cnccc12. The molecule has 0 aliphatic heterocycles. The summed E-state index contributed by atoms with van der Waals surface area (Å²) in [5.74, 6) is 0. The normalized spacial score (nSPS) is 13.0. The number of sulfonamides is 1. The fraction of sp³-hybridized carbons (Fsp3) is 0.167. The zero-order valence-corrected chi connectivity index (χ0v) is 13.8. The van der Waals surface area contributed by atoms with Gasteiger partial charge in [0.05, 0.1) is 11.0 Å². The number of benzene rings is 2. The Morgan fingerprint density at radius 3 is 2.62 bits per heavy atom. The highest BCUT2D eigenvalue weighted by Crippen LogP contribution is 2.21. The topological polar surface area (TPSA) is 79.3 Å². The summed E-state index contributed by atoms with van der Waals surface area (Å²) in [6.07, 6.45) is 2.78. The second-order valence-corrected chi connectivity index (χ2v) is 7.28. The van der Waals surface area contributed by atoms with E-state index in [0.29, 0.717) is 11.8 Å². The van der Waals surface area contributed by atoms with Gasteiger partial charge in [0.2, 0.25) is 10.0 Å². The van der Waals surface area contributed by atoms with E-state index in [-0.39, 0.29) is 11.4 Å². The van der Waals surface area contributed by atoms with Crippen molar-refractivity contribution in [2.45, 2.75) is 17.4 Å².